The number of hydrogen-bond donors (Lipinski definition) is 2. The predicted octanol–water partition coefficient (Wildman–Crippen LogP) is 3.52. The summed E-state index contributed by atoms with van der Waals surface area (Å²) in [6.07, 6.45) is 5.04. The molecule has 0 spiro atoms. The van der Waals surface area contributed by atoms with E-state index in [2.05, 4.69) is 51.4 Å². The van der Waals surface area contributed by atoms with Crippen molar-refractivity contribution in [1.29, 1.82) is 0 Å². The van der Waals surface area contributed by atoms with E-state index in [0.29, 0.717) is 61.2 Å². The fourth-order valence-electron chi connectivity index (χ4n) is 6.32. The Morgan fingerprint density at radius 1 is 0.979 bits per heavy atom. The SMILES string of the molecule is CC(=O)N1c2ccc(-c3ccc(CNC(=O)c4nc5c(N6CCOCC6)nc(-c6cnc(N)nc6)nc5n4C)cc3)cc2CC[C@@H]1C. The first-order valence-corrected chi connectivity index (χ1v) is 15.7. The number of anilines is 3. The summed E-state index contributed by atoms with van der Waals surface area (Å²) >= 11 is 0. The number of imidazole rings is 1. The lowest BCUT2D eigenvalue weighted by atomic mass is 9.93. The van der Waals surface area contributed by atoms with Crippen molar-refractivity contribution in [1.82, 2.24) is 34.8 Å². The molecule has 3 aromatic heterocycles. The highest BCUT2D eigenvalue weighted by atomic mass is 16.5. The predicted molar refractivity (Wildman–Crippen MR) is 179 cm³/mol. The zero-order valence-electron chi connectivity index (χ0n) is 26.6. The molecule has 1 fully saturated rings. The van der Waals surface area contributed by atoms with E-state index in [0.717, 1.165) is 35.2 Å². The fourth-order valence-corrected chi connectivity index (χ4v) is 6.32. The topological polar surface area (TPSA) is 157 Å². The number of fused-ring (bicyclic) bond motifs is 2. The van der Waals surface area contributed by atoms with Crippen molar-refractivity contribution in [2.45, 2.75) is 39.3 Å². The molecule has 2 amide bonds. The number of aryl methyl sites for hydroxylation is 2. The lowest BCUT2D eigenvalue weighted by Crippen LogP contribution is -2.40. The third-order valence-electron chi connectivity index (χ3n) is 8.83. The first-order chi connectivity index (χ1) is 22.8. The number of aromatic nitrogens is 6. The number of morpholine rings is 1. The monoisotopic (exact) mass is 632 g/mol. The molecule has 13 nitrogen and oxygen atoms in total. The Balaban J connectivity index is 1.11. The Hall–Kier alpha value is -5.43. The number of hydrogen-bond acceptors (Lipinski definition) is 10. The van der Waals surface area contributed by atoms with E-state index >= 15 is 0 Å². The lowest BCUT2D eigenvalue weighted by molar-refractivity contribution is -0.117. The molecule has 0 bridgehead atoms. The van der Waals surface area contributed by atoms with Crippen molar-refractivity contribution in [2.75, 3.05) is 41.8 Å². The largest absolute Gasteiger partial charge is 0.378 e. The van der Waals surface area contributed by atoms with Crippen LogP contribution < -0.4 is 20.9 Å². The van der Waals surface area contributed by atoms with Crippen LogP contribution in [0.1, 0.15) is 42.0 Å². The van der Waals surface area contributed by atoms with Crippen LogP contribution >= 0.6 is 0 Å². The highest BCUT2D eigenvalue weighted by molar-refractivity contribution is 5.97. The van der Waals surface area contributed by atoms with Crippen LogP contribution in [-0.4, -0.2) is 73.6 Å². The number of nitrogens with one attached hydrogen (secondary N) is 1. The number of ether oxygens (including phenoxy) is 1. The summed E-state index contributed by atoms with van der Waals surface area (Å²) in [5, 5.41) is 3.01. The van der Waals surface area contributed by atoms with Gasteiger partial charge in [-0.3, -0.25) is 9.59 Å². The summed E-state index contributed by atoms with van der Waals surface area (Å²) < 4.78 is 7.24. The van der Waals surface area contributed by atoms with E-state index in [9.17, 15) is 9.59 Å². The maximum absolute atomic E-state index is 13.5. The van der Waals surface area contributed by atoms with Gasteiger partial charge in [0.1, 0.15) is 0 Å². The van der Waals surface area contributed by atoms with Crippen LogP contribution in [0.4, 0.5) is 17.5 Å². The maximum atomic E-state index is 13.5. The van der Waals surface area contributed by atoms with E-state index < -0.39 is 0 Å². The third kappa shape index (κ3) is 5.85. The number of nitrogen functional groups attached to an aromatic ring is 1. The van der Waals surface area contributed by atoms with Crippen LogP contribution in [0.15, 0.2) is 54.9 Å². The molecule has 2 aromatic carbocycles. The van der Waals surface area contributed by atoms with Crippen molar-refractivity contribution in [3.8, 4) is 22.5 Å². The van der Waals surface area contributed by atoms with Gasteiger partial charge in [0.15, 0.2) is 22.8 Å². The standard InChI is InChI=1S/C34H36N10O3/c1-20-4-7-25-16-24(10-11-27(25)44(20)21(2)45)23-8-5-22(6-9-23)17-36-33(46)32-39-28-30(42(32)3)40-29(26-18-37-34(35)38-19-26)41-31(28)43-12-14-47-15-13-43/h5-6,8-11,16,18-20H,4,7,12-15,17H2,1-3H3,(H,36,46)(H2,35,37,38)/t20-/m0/s1. The summed E-state index contributed by atoms with van der Waals surface area (Å²) in [5.74, 6) is 1.18. The normalized spacial score (nSPS) is 16.3. The molecule has 0 saturated carbocycles. The van der Waals surface area contributed by atoms with Gasteiger partial charge in [-0.05, 0) is 54.2 Å². The van der Waals surface area contributed by atoms with Crippen LogP contribution in [0, 0.1) is 0 Å². The van der Waals surface area contributed by atoms with Gasteiger partial charge in [0, 0.05) is 57.7 Å². The van der Waals surface area contributed by atoms with Crippen molar-refractivity contribution in [3.05, 3.63) is 71.8 Å². The van der Waals surface area contributed by atoms with Gasteiger partial charge in [0.05, 0.1) is 18.8 Å². The van der Waals surface area contributed by atoms with Gasteiger partial charge in [0.2, 0.25) is 17.7 Å². The molecule has 7 rings (SSSR count). The summed E-state index contributed by atoms with van der Waals surface area (Å²) in [6.45, 7) is 6.45. The van der Waals surface area contributed by atoms with Crippen LogP contribution in [0.2, 0.25) is 0 Å². The summed E-state index contributed by atoms with van der Waals surface area (Å²) in [6, 6.07) is 14.6. The van der Waals surface area contributed by atoms with Crippen LogP contribution in [0.3, 0.4) is 0 Å². The minimum Gasteiger partial charge on any atom is -0.378 e. The molecule has 0 unspecified atom stereocenters. The molecular weight excluding hydrogens is 596 g/mol. The van der Waals surface area contributed by atoms with Gasteiger partial charge >= 0.3 is 0 Å². The fraction of sp³-hybridized carbons (Fsp3) is 0.324. The maximum Gasteiger partial charge on any atom is 0.287 e. The van der Waals surface area contributed by atoms with Crippen molar-refractivity contribution >= 4 is 40.4 Å². The Labute approximate surface area is 271 Å². The zero-order valence-corrected chi connectivity index (χ0v) is 26.6. The van der Waals surface area contributed by atoms with Crippen molar-refractivity contribution in [2.24, 2.45) is 7.05 Å². The smallest absolute Gasteiger partial charge is 0.287 e. The molecule has 5 aromatic rings. The average molecular weight is 633 g/mol. The van der Waals surface area contributed by atoms with Gasteiger partial charge in [-0.1, -0.05) is 30.3 Å². The molecule has 240 valence electrons. The quantitative estimate of drug-likeness (QED) is 0.284. The number of nitrogens with two attached hydrogens (primary N) is 1. The number of benzene rings is 2. The highest BCUT2D eigenvalue weighted by Crippen LogP contribution is 2.34. The van der Waals surface area contributed by atoms with E-state index in [1.165, 1.54) is 5.56 Å². The van der Waals surface area contributed by atoms with Crippen LogP contribution in [-0.2, 0) is 29.5 Å². The van der Waals surface area contributed by atoms with Gasteiger partial charge in [-0.2, -0.15) is 0 Å². The Morgan fingerprint density at radius 3 is 2.43 bits per heavy atom. The highest BCUT2D eigenvalue weighted by Gasteiger charge is 2.27. The van der Waals surface area contributed by atoms with E-state index in [1.54, 1.807) is 30.9 Å². The lowest BCUT2D eigenvalue weighted by Gasteiger charge is -2.34. The van der Waals surface area contributed by atoms with E-state index in [-0.39, 0.29) is 29.6 Å². The van der Waals surface area contributed by atoms with Gasteiger partial charge in [0.25, 0.3) is 5.91 Å². The van der Waals surface area contributed by atoms with Gasteiger partial charge in [-0.15, -0.1) is 0 Å². The molecule has 47 heavy (non-hydrogen) atoms. The molecule has 3 N–H and O–H groups in total. The number of carbonyl (C=O) groups is 2. The summed E-state index contributed by atoms with van der Waals surface area (Å²) in [4.78, 5) is 52.2. The average Bonchev–Trinajstić information content (AvgIpc) is 3.43. The second-order valence-corrected chi connectivity index (χ2v) is 12.0. The number of rotatable bonds is 6. The summed E-state index contributed by atoms with van der Waals surface area (Å²) in [5.41, 5.74) is 12.7. The van der Waals surface area contributed by atoms with E-state index in [1.807, 2.05) is 23.1 Å². The Bertz CT molecular complexity index is 1970. The van der Waals surface area contributed by atoms with Crippen LogP contribution in [0.25, 0.3) is 33.7 Å². The number of carbonyl (C=O) groups excluding carboxylic acids is 2. The molecule has 2 aliphatic rings. The Morgan fingerprint density at radius 2 is 1.70 bits per heavy atom. The van der Waals surface area contributed by atoms with Crippen molar-refractivity contribution < 1.29 is 14.3 Å². The Kier molecular flexibility index (Phi) is 7.98. The molecule has 5 heterocycles. The second kappa shape index (κ2) is 12.4. The first kappa shape index (κ1) is 30.2. The minimum atomic E-state index is -0.321. The molecule has 0 radical (unpaired) electrons. The third-order valence-corrected chi connectivity index (χ3v) is 8.83. The van der Waals surface area contributed by atoms with Gasteiger partial charge in [-0.25, -0.2) is 24.9 Å². The second-order valence-electron chi connectivity index (χ2n) is 12.0. The van der Waals surface area contributed by atoms with E-state index in [4.69, 9.17) is 25.4 Å². The zero-order chi connectivity index (χ0) is 32.7. The summed E-state index contributed by atoms with van der Waals surface area (Å²) in [7, 11) is 1.77. The van der Waals surface area contributed by atoms with Gasteiger partial charge < -0.3 is 30.2 Å². The minimum absolute atomic E-state index is 0.0692. The number of amides is 2. The van der Waals surface area contributed by atoms with Crippen molar-refractivity contribution in [3.63, 3.8) is 0 Å². The molecular formula is C34H36N10O3. The number of nitrogens with zero attached hydrogens (tertiary/aromatic N) is 8. The molecule has 0 aliphatic carbocycles. The van der Waals surface area contributed by atoms with Crippen LogP contribution in [0.5, 0.6) is 0 Å². The molecule has 1 atom stereocenters. The molecule has 13 heteroatoms. The molecule has 2 aliphatic heterocycles. The first-order valence-electron chi connectivity index (χ1n) is 15.7. The molecule has 1 saturated heterocycles.